The van der Waals surface area contributed by atoms with Crippen LogP contribution in [0.2, 0.25) is 0 Å². The molecule has 2 heteroatoms. The van der Waals surface area contributed by atoms with Gasteiger partial charge in [0.2, 0.25) is 0 Å². The number of rotatable bonds is 6. The summed E-state index contributed by atoms with van der Waals surface area (Å²) >= 11 is 0. The van der Waals surface area contributed by atoms with E-state index in [0.717, 1.165) is 24.9 Å². The van der Waals surface area contributed by atoms with Crippen LogP contribution in [0, 0.1) is 24.7 Å². The second-order valence-corrected chi connectivity index (χ2v) is 7.40. The fourth-order valence-corrected chi connectivity index (χ4v) is 3.21. The van der Waals surface area contributed by atoms with Gasteiger partial charge in [-0.25, -0.2) is 0 Å². The van der Waals surface area contributed by atoms with Crippen LogP contribution in [-0.2, 0) is 6.54 Å². The van der Waals surface area contributed by atoms with Gasteiger partial charge in [-0.2, -0.15) is 0 Å². The number of benzene rings is 1. The lowest BCUT2D eigenvalue weighted by Gasteiger charge is -2.24. The maximum absolute atomic E-state index is 3.60. The predicted octanol–water partition coefficient (Wildman–Crippen LogP) is 4.22. The third-order valence-corrected chi connectivity index (χ3v) is 4.61. The van der Waals surface area contributed by atoms with Crippen LogP contribution in [0.25, 0.3) is 0 Å². The average Bonchev–Trinajstić information content (AvgIpc) is 2.88. The molecular weight excluding hydrogens is 256 g/mol. The van der Waals surface area contributed by atoms with E-state index < -0.39 is 0 Å². The van der Waals surface area contributed by atoms with Crippen LogP contribution in [-0.4, -0.2) is 19.6 Å². The smallest absolute Gasteiger partial charge is 0.0412 e. The van der Waals surface area contributed by atoms with Crippen molar-refractivity contribution >= 4 is 5.69 Å². The van der Waals surface area contributed by atoms with Crippen LogP contribution in [0.3, 0.4) is 0 Å². The van der Waals surface area contributed by atoms with Crippen LogP contribution in [0.15, 0.2) is 18.2 Å². The van der Waals surface area contributed by atoms with E-state index in [4.69, 9.17) is 0 Å². The van der Waals surface area contributed by atoms with Gasteiger partial charge in [0, 0.05) is 25.3 Å². The Labute approximate surface area is 130 Å². The Bertz CT molecular complexity index is 451. The van der Waals surface area contributed by atoms with Gasteiger partial charge in [0.05, 0.1) is 0 Å². The summed E-state index contributed by atoms with van der Waals surface area (Å²) in [6.45, 7) is 15.9. The zero-order valence-electron chi connectivity index (χ0n) is 14.4. The molecule has 0 amide bonds. The molecule has 0 aromatic heterocycles. The summed E-state index contributed by atoms with van der Waals surface area (Å²) in [7, 11) is 0. The normalized spacial score (nSPS) is 19.0. The molecule has 118 valence electrons. The molecule has 1 saturated heterocycles. The van der Waals surface area contributed by atoms with Crippen LogP contribution in [0.5, 0.6) is 0 Å². The number of aryl methyl sites for hydroxylation is 1. The highest BCUT2D eigenvalue weighted by Gasteiger charge is 2.26. The van der Waals surface area contributed by atoms with Crippen LogP contribution in [0.1, 0.15) is 45.2 Å². The molecule has 2 rings (SSSR count). The number of nitrogens with one attached hydrogen (secondary N) is 1. The van der Waals surface area contributed by atoms with Crippen molar-refractivity contribution in [2.24, 2.45) is 17.8 Å². The highest BCUT2D eigenvalue weighted by atomic mass is 15.2. The van der Waals surface area contributed by atoms with Gasteiger partial charge < -0.3 is 10.2 Å². The Morgan fingerprint density at radius 1 is 1.24 bits per heavy atom. The summed E-state index contributed by atoms with van der Waals surface area (Å²) in [4.78, 5) is 2.59. The molecule has 0 bridgehead atoms. The second-order valence-electron chi connectivity index (χ2n) is 7.40. The minimum atomic E-state index is 0.704. The second kappa shape index (κ2) is 7.31. The molecule has 1 aromatic rings. The molecule has 0 saturated carbocycles. The zero-order valence-corrected chi connectivity index (χ0v) is 14.4. The number of anilines is 1. The van der Waals surface area contributed by atoms with Gasteiger partial charge in [0.1, 0.15) is 0 Å². The van der Waals surface area contributed by atoms with E-state index in [1.54, 1.807) is 0 Å². The molecule has 1 aliphatic rings. The van der Waals surface area contributed by atoms with Crippen LogP contribution >= 0.6 is 0 Å². The fourth-order valence-electron chi connectivity index (χ4n) is 3.21. The first-order valence-corrected chi connectivity index (χ1v) is 8.52. The maximum atomic E-state index is 3.60. The highest BCUT2D eigenvalue weighted by Crippen LogP contribution is 2.31. The first-order chi connectivity index (χ1) is 9.97. The monoisotopic (exact) mass is 288 g/mol. The molecule has 0 aliphatic carbocycles. The van der Waals surface area contributed by atoms with Crippen LogP contribution in [0.4, 0.5) is 5.69 Å². The van der Waals surface area contributed by atoms with Crippen molar-refractivity contribution in [2.45, 2.75) is 47.6 Å². The molecule has 21 heavy (non-hydrogen) atoms. The first kappa shape index (κ1) is 16.4. The standard InChI is InChI=1S/C19H32N2/c1-14(2)11-20-12-18-10-16(5)6-7-19(18)21-9-8-17(13-21)15(3)4/h6-7,10,14-15,17,20H,8-9,11-13H2,1-5H3. The van der Waals surface area contributed by atoms with Gasteiger partial charge in [0.15, 0.2) is 0 Å². The van der Waals surface area contributed by atoms with Gasteiger partial charge in [-0.15, -0.1) is 0 Å². The molecule has 1 aliphatic heterocycles. The van der Waals surface area contributed by atoms with Crippen molar-refractivity contribution < 1.29 is 0 Å². The van der Waals surface area contributed by atoms with Crippen molar-refractivity contribution in [3.05, 3.63) is 29.3 Å². The largest absolute Gasteiger partial charge is 0.371 e. The molecule has 1 atom stereocenters. The average molecular weight is 288 g/mol. The summed E-state index contributed by atoms with van der Waals surface area (Å²) in [6.07, 6.45) is 1.34. The summed E-state index contributed by atoms with van der Waals surface area (Å²) < 4.78 is 0. The van der Waals surface area contributed by atoms with E-state index in [1.165, 1.54) is 36.3 Å². The summed E-state index contributed by atoms with van der Waals surface area (Å²) in [5.41, 5.74) is 4.26. The first-order valence-electron chi connectivity index (χ1n) is 8.52. The maximum Gasteiger partial charge on any atom is 0.0412 e. The van der Waals surface area contributed by atoms with Crippen molar-refractivity contribution in [1.29, 1.82) is 0 Å². The summed E-state index contributed by atoms with van der Waals surface area (Å²) in [5, 5.41) is 3.60. The molecule has 1 heterocycles. The molecule has 1 fully saturated rings. The van der Waals surface area contributed by atoms with Gasteiger partial charge in [-0.3, -0.25) is 0 Å². The lowest BCUT2D eigenvalue weighted by molar-refractivity contribution is 0.422. The minimum Gasteiger partial charge on any atom is -0.371 e. The third-order valence-electron chi connectivity index (χ3n) is 4.61. The van der Waals surface area contributed by atoms with Gasteiger partial charge in [0.25, 0.3) is 0 Å². The Morgan fingerprint density at radius 2 is 2.00 bits per heavy atom. The highest BCUT2D eigenvalue weighted by molar-refractivity contribution is 5.55. The van der Waals surface area contributed by atoms with E-state index >= 15 is 0 Å². The van der Waals surface area contributed by atoms with Gasteiger partial charge >= 0.3 is 0 Å². The number of nitrogens with zero attached hydrogens (tertiary/aromatic N) is 1. The van der Waals surface area contributed by atoms with E-state index in [0.29, 0.717) is 5.92 Å². The van der Waals surface area contributed by atoms with E-state index in [2.05, 4.69) is 63.0 Å². The van der Waals surface area contributed by atoms with Crippen LogP contribution < -0.4 is 10.2 Å². The number of hydrogen-bond acceptors (Lipinski definition) is 2. The van der Waals surface area contributed by atoms with Crippen molar-refractivity contribution in [1.82, 2.24) is 5.32 Å². The van der Waals surface area contributed by atoms with Gasteiger partial charge in [-0.1, -0.05) is 45.4 Å². The molecule has 2 nitrogen and oxygen atoms in total. The lowest BCUT2D eigenvalue weighted by atomic mass is 9.95. The molecule has 1 unspecified atom stereocenters. The summed E-state index contributed by atoms with van der Waals surface area (Å²) in [6, 6.07) is 6.93. The van der Waals surface area contributed by atoms with E-state index in [1.807, 2.05) is 0 Å². The Morgan fingerprint density at radius 3 is 2.62 bits per heavy atom. The lowest BCUT2D eigenvalue weighted by Crippen LogP contribution is -2.25. The molecule has 0 radical (unpaired) electrons. The fraction of sp³-hybridized carbons (Fsp3) is 0.684. The predicted molar refractivity (Wildman–Crippen MR) is 92.9 cm³/mol. The van der Waals surface area contributed by atoms with Crippen molar-refractivity contribution in [3.63, 3.8) is 0 Å². The SMILES string of the molecule is Cc1ccc(N2CCC(C(C)C)C2)c(CNCC(C)C)c1. The van der Waals surface area contributed by atoms with E-state index in [9.17, 15) is 0 Å². The van der Waals surface area contributed by atoms with Gasteiger partial charge in [-0.05, 0) is 49.3 Å². The molecule has 1 N–H and O–H groups in total. The quantitative estimate of drug-likeness (QED) is 0.843. The molecule has 1 aromatic carbocycles. The third kappa shape index (κ3) is 4.47. The Hall–Kier alpha value is -1.02. The molecule has 0 spiro atoms. The minimum absolute atomic E-state index is 0.704. The zero-order chi connectivity index (χ0) is 15.4. The Kier molecular flexibility index (Phi) is 5.69. The molecular formula is C19H32N2. The van der Waals surface area contributed by atoms with E-state index in [-0.39, 0.29) is 0 Å². The van der Waals surface area contributed by atoms with Crippen molar-refractivity contribution in [3.8, 4) is 0 Å². The van der Waals surface area contributed by atoms with Crippen molar-refractivity contribution in [2.75, 3.05) is 24.5 Å². The summed E-state index contributed by atoms with van der Waals surface area (Å²) in [5.74, 6) is 2.35. The number of hydrogen-bond donors (Lipinski definition) is 1. The topological polar surface area (TPSA) is 15.3 Å². The Balaban J connectivity index is 2.08.